The Labute approximate surface area is 213 Å². The van der Waals surface area contributed by atoms with Crippen LogP contribution in [0.3, 0.4) is 0 Å². The SMILES string of the molecule is Cc1c(/C=C2/CC/C(=C/c3[nH]c(C(=O)OC(C)(C)C)c(C)c3C)C2=O)[nH]c(C(=O)OC(C)(C)C)c1C. The number of nitrogens with one attached hydrogen (secondary N) is 2. The summed E-state index contributed by atoms with van der Waals surface area (Å²) in [6, 6.07) is 0. The van der Waals surface area contributed by atoms with Gasteiger partial charge in [0.25, 0.3) is 0 Å². The lowest BCUT2D eigenvalue weighted by Crippen LogP contribution is -2.24. The van der Waals surface area contributed by atoms with Crippen molar-refractivity contribution in [1.29, 1.82) is 0 Å². The van der Waals surface area contributed by atoms with Crippen molar-refractivity contribution in [2.75, 3.05) is 0 Å². The van der Waals surface area contributed by atoms with Gasteiger partial charge in [0.15, 0.2) is 5.78 Å². The predicted octanol–water partition coefficient (Wildman–Crippen LogP) is 6.32. The highest BCUT2D eigenvalue weighted by atomic mass is 16.6. The number of ether oxygens (including phenoxy) is 2. The Balaban J connectivity index is 1.87. The Bertz CT molecular complexity index is 1190. The van der Waals surface area contributed by atoms with E-state index in [0.29, 0.717) is 35.4 Å². The van der Waals surface area contributed by atoms with E-state index in [1.807, 2.05) is 81.4 Å². The van der Waals surface area contributed by atoms with Gasteiger partial charge in [-0.1, -0.05) is 0 Å². The number of ketones is 1. The van der Waals surface area contributed by atoms with E-state index in [0.717, 1.165) is 33.6 Å². The summed E-state index contributed by atoms with van der Waals surface area (Å²) in [5.74, 6) is -0.861. The number of esters is 2. The van der Waals surface area contributed by atoms with Crippen LogP contribution < -0.4 is 0 Å². The maximum absolute atomic E-state index is 13.2. The van der Waals surface area contributed by atoms with Gasteiger partial charge < -0.3 is 19.4 Å². The predicted molar refractivity (Wildman–Crippen MR) is 141 cm³/mol. The van der Waals surface area contributed by atoms with E-state index >= 15 is 0 Å². The normalized spacial score (nSPS) is 16.8. The van der Waals surface area contributed by atoms with Crippen LogP contribution in [0.2, 0.25) is 0 Å². The molecule has 7 nitrogen and oxygen atoms in total. The molecule has 0 spiro atoms. The summed E-state index contributed by atoms with van der Waals surface area (Å²) in [5, 5.41) is 0. The van der Waals surface area contributed by atoms with Crippen molar-refractivity contribution in [2.24, 2.45) is 0 Å². The highest BCUT2D eigenvalue weighted by Crippen LogP contribution is 2.32. The Morgan fingerprint density at radius 2 is 1.00 bits per heavy atom. The molecule has 0 aromatic carbocycles. The lowest BCUT2D eigenvalue weighted by molar-refractivity contribution is -0.111. The zero-order valence-corrected chi connectivity index (χ0v) is 23.1. The Morgan fingerprint density at radius 3 is 1.31 bits per heavy atom. The molecular formula is C29H38N2O5. The number of aromatic amines is 2. The first-order valence-electron chi connectivity index (χ1n) is 12.3. The third kappa shape index (κ3) is 5.89. The summed E-state index contributed by atoms with van der Waals surface area (Å²) in [5.41, 5.74) is 5.87. The van der Waals surface area contributed by atoms with Gasteiger partial charge >= 0.3 is 11.9 Å². The number of hydrogen-bond donors (Lipinski definition) is 2. The minimum absolute atomic E-state index is 0.0362. The van der Waals surface area contributed by atoms with Gasteiger partial charge in [-0.2, -0.15) is 0 Å². The molecule has 1 saturated carbocycles. The average molecular weight is 495 g/mol. The second kappa shape index (κ2) is 9.60. The van der Waals surface area contributed by atoms with E-state index in [-0.39, 0.29) is 5.78 Å². The standard InChI is InChI=1S/C29H38N2O5/c1-15-17(3)23(26(33)35-28(5,6)7)30-21(15)13-19-11-12-20(25(19)32)14-22-16(2)18(4)24(31-22)27(34)36-29(8,9)10/h13-14,30-31H,11-12H2,1-10H3/b19-13-,20-14-. The number of hydrogen-bond acceptors (Lipinski definition) is 5. The van der Waals surface area contributed by atoms with Gasteiger partial charge in [0.1, 0.15) is 22.6 Å². The molecule has 3 rings (SSSR count). The van der Waals surface area contributed by atoms with Crippen LogP contribution in [0.5, 0.6) is 0 Å². The molecule has 1 aliphatic carbocycles. The highest BCUT2D eigenvalue weighted by molar-refractivity contribution is 6.15. The van der Waals surface area contributed by atoms with E-state index < -0.39 is 23.1 Å². The Hall–Kier alpha value is -3.35. The zero-order valence-electron chi connectivity index (χ0n) is 23.1. The fraction of sp³-hybridized carbons (Fsp3) is 0.483. The number of rotatable bonds is 4. The van der Waals surface area contributed by atoms with Crippen LogP contribution in [0.15, 0.2) is 11.1 Å². The second-order valence-electron chi connectivity index (χ2n) is 11.5. The molecule has 0 radical (unpaired) electrons. The van der Waals surface area contributed by atoms with Crippen molar-refractivity contribution in [3.05, 3.63) is 56.2 Å². The third-order valence-electron chi connectivity index (χ3n) is 6.29. The van der Waals surface area contributed by atoms with E-state index in [1.165, 1.54) is 0 Å². The van der Waals surface area contributed by atoms with Gasteiger partial charge in [0.2, 0.25) is 0 Å². The fourth-order valence-electron chi connectivity index (χ4n) is 4.11. The number of allylic oxidation sites excluding steroid dienone is 2. The first-order valence-corrected chi connectivity index (χ1v) is 12.3. The smallest absolute Gasteiger partial charge is 0.355 e. The van der Waals surface area contributed by atoms with Gasteiger partial charge in [-0.05, 0) is 116 Å². The molecular weight excluding hydrogens is 456 g/mol. The van der Waals surface area contributed by atoms with Gasteiger partial charge in [-0.25, -0.2) is 9.59 Å². The average Bonchev–Trinajstić information content (AvgIpc) is 3.32. The van der Waals surface area contributed by atoms with Gasteiger partial charge in [0.05, 0.1) is 0 Å². The van der Waals surface area contributed by atoms with Crippen LogP contribution >= 0.6 is 0 Å². The van der Waals surface area contributed by atoms with Crippen molar-refractivity contribution in [3.63, 3.8) is 0 Å². The summed E-state index contributed by atoms with van der Waals surface area (Å²) >= 11 is 0. The van der Waals surface area contributed by atoms with Crippen molar-refractivity contribution < 1.29 is 23.9 Å². The molecule has 2 aromatic heterocycles. The number of carbonyl (C=O) groups excluding carboxylic acids is 3. The third-order valence-corrected chi connectivity index (χ3v) is 6.29. The van der Waals surface area contributed by atoms with Crippen LogP contribution in [-0.2, 0) is 14.3 Å². The minimum atomic E-state index is -0.597. The summed E-state index contributed by atoms with van der Waals surface area (Å²) in [6.07, 6.45) is 4.86. The molecule has 2 aromatic rings. The summed E-state index contributed by atoms with van der Waals surface area (Å²) in [4.78, 5) is 44.7. The monoisotopic (exact) mass is 494 g/mol. The zero-order chi connectivity index (χ0) is 27.2. The molecule has 194 valence electrons. The lowest BCUT2D eigenvalue weighted by atomic mass is 10.1. The Morgan fingerprint density at radius 1 is 0.667 bits per heavy atom. The summed E-state index contributed by atoms with van der Waals surface area (Å²) in [6.45, 7) is 18.5. The number of Topliss-reactive ketones (excluding diaryl/α,β-unsaturated/α-hetero) is 1. The van der Waals surface area contributed by atoms with E-state index in [4.69, 9.17) is 9.47 Å². The number of carbonyl (C=O) groups is 3. The van der Waals surface area contributed by atoms with Crippen molar-refractivity contribution in [2.45, 2.75) is 93.3 Å². The van der Waals surface area contributed by atoms with Crippen LogP contribution in [0.25, 0.3) is 12.2 Å². The van der Waals surface area contributed by atoms with Gasteiger partial charge in [0, 0.05) is 22.5 Å². The Kier molecular flexibility index (Phi) is 7.26. The largest absolute Gasteiger partial charge is 0.455 e. The van der Waals surface area contributed by atoms with E-state index in [2.05, 4.69) is 9.97 Å². The molecule has 0 unspecified atom stereocenters. The molecule has 36 heavy (non-hydrogen) atoms. The topological polar surface area (TPSA) is 101 Å². The molecule has 0 aliphatic heterocycles. The molecule has 0 bridgehead atoms. The first-order chi connectivity index (χ1) is 16.5. The summed E-state index contributed by atoms with van der Waals surface area (Å²) in [7, 11) is 0. The molecule has 0 saturated heterocycles. The fourth-order valence-corrected chi connectivity index (χ4v) is 4.11. The van der Waals surface area contributed by atoms with Crippen molar-refractivity contribution >= 4 is 29.9 Å². The lowest BCUT2D eigenvalue weighted by Gasteiger charge is -2.19. The van der Waals surface area contributed by atoms with E-state index in [1.54, 1.807) is 0 Å². The quantitative estimate of drug-likeness (QED) is 0.383. The van der Waals surface area contributed by atoms with Crippen LogP contribution in [-0.4, -0.2) is 38.9 Å². The molecule has 0 atom stereocenters. The van der Waals surface area contributed by atoms with Crippen LogP contribution in [0.4, 0.5) is 0 Å². The molecule has 0 amide bonds. The minimum Gasteiger partial charge on any atom is -0.455 e. The summed E-state index contributed by atoms with van der Waals surface area (Å²) < 4.78 is 11.0. The van der Waals surface area contributed by atoms with Crippen LogP contribution in [0.1, 0.15) is 109 Å². The molecule has 2 N–H and O–H groups in total. The first kappa shape index (κ1) is 27.2. The molecule has 7 heteroatoms. The number of H-pyrrole nitrogens is 2. The second-order valence-corrected chi connectivity index (χ2v) is 11.5. The van der Waals surface area contributed by atoms with Gasteiger partial charge in [-0.15, -0.1) is 0 Å². The molecule has 1 aliphatic rings. The van der Waals surface area contributed by atoms with Crippen molar-refractivity contribution in [3.8, 4) is 0 Å². The molecule has 2 heterocycles. The highest BCUT2D eigenvalue weighted by Gasteiger charge is 2.27. The van der Waals surface area contributed by atoms with Crippen molar-refractivity contribution in [1.82, 2.24) is 9.97 Å². The van der Waals surface area contributed by atoms with E-state index in [9.17, 15) is 14.4 Å². The van der Waals surface area contributed by atoms with Crippen LogP contribution in [0, 0.1) is 27.7 Å². The van der Waals surface area contributed by atoms with Gasteiger partial charge in [-0.3, -0.25) is 4.79 Å². The number of aromatic nitrogens is 2. The maximum atomic E-state index is 13.2. The maximum Gasteiger partial charge on any atom is 0.355 e. The molecule has 1 fully saturated rings.